The monoisotopic (exact) mass is 219 g/mol. The third kappa shape index (κ3) is 2.00. The summed E-state index contributed by atoms with van der Waals surface area (Å²) >= 11 is 0. The van der Waals surface area contributed by atoms with E-state index in [1.165, 1.54) is 18.4 Å². The van der Waals surface area contributed by atoms with E-state index in [1.807, 2.05) is 19.2 Å². The Morgan fingerprint density at radius 3 is 2.25 bits per heavy atom. The second kappa shape index (κ2) is 4.56. The molecule has 1 aliphatic rings. The molecule has 0 aliphatic heterocycles. The number of nitrogens with one attached hydrogen (secondary N) is 1. The SMILES string of the molecule is CNC1([C@H](O)c2ccc(C)cc2)CCCC1. The summed E-state index contributed by atoms with van der Waals surface area (Å²) in [4.78, 5) is 0. The highest BCUT2D eigenvalue weighted by atomic mass is 16.3. The number of rotatable bonds is 3. The Labute approximate surface area is 97.7 Å². The molecule has 1 aromatic rings. The predicted molar refractivity (Wildman–Crippen MR) is 66.4 cm³/mol. The molecule has 2 nitrogen and oxygen atoms in total. The van der Waals surface area contributed by atoms with Gasteiger partial charge in [-0.25, -0.2) is 0 Å². The van der Waals surface area contributed by atoms with Crippen molar-refractivity contribution >= 4 is 0 Å². The van der Waals surface area contributed by atoms with Gasteiger partial charge in [-0.15, -0.1) is 0 Å². The first-order valence-corrected chi connectivity index (χ1v) is 6.11. The number of hydrogen-bond acceptors (Lipinski definition) is 2. The van der Waals surface area contributed by atoms with E-state index < -0.39 is 0 Å². The number of aryl methyl sites for hydroxylation is 1. The van der Waals surface area contributed by atoms with Gasteiger partial charge in [0.15, 0.2) is 0 Å². The smallest absolute Gasteiger partial charge is 0.0971 e. The number of benzene rings is 1. The number of aliphatic hydroxyl groups is 1. The molecule has 1 saturated carbocycles. The molecule has 2 heteroatoms. The third-order valence-corrected chi connectivity index (χ3v) is 3.91. The minimum atomic E-state index is -0.388. The quantitative estimate of drug-likeness (QED) is 0.819. The standard InChI is InChI=1S/C14H21NO/c1-11-5-7-12(8-6-11)13(16)14(15-2)9-3-4-10-14/h5-8,13,15-16H,3-4,9-10H2,1-2H3/t13-/m1/s1. The van der Waals surface area contributed by atoms with Crippen LogP contribution >= 0.6 is 0 Å². The van der Waals surface area contributed by atoms with Gasteiger partial charge < -0.3 is 10.4 Å². The molecule has 1 aromatic carbocycles. The lowest BCUT2D eigenvalue weighted by Gasteiger charge is -2.34. The molecule has 2 rings (SSSR count). The van der Waals surface area contributed by atoms with Gasteiger partial charge in [0.1, 0.15) is 0 Å². The molecule has 88 valence electrons. The van der Waals surface area contributed by atoms with Crippen LogP contribution in [0.2, 0.25) is 0 Å². The van der Waals surface area contributed by atoms with Crippen molar-refractivity contribution < 1.29 is 5.11 Å². The molecule has 0 amide bonds. The molecule has 2 N–H and O–H groups in total. The first kappa shape index (κ1) is 11.6. The molecule has 0 aromatic heterocycles. The van der Waals surface area contributed by atoms with Crippen LogP contribution in [0.4, 0.5) is 0 Å². The Bertz CT molecular complexity index is 338. The fourth-order valence-corrected chi connectivity index (χ4v) is 2.73. The van der Waals surface area contributed by atoms with Crippen molar-refractivity contribution in [3.05, 3.63) is 35.4 Å². The summed E-state index contributed by atoms with van der Waals surface area (Å²) < 4.78 is 0. The zero-order valence-corrected chi connectivity index (χ0v) is 10.2. The molecule has 0 saturated heterocycles. The van der Waals surface area contributed by atoms with Crippen LogP contribution in [0.1, 0.15) is 42.9 Å². The van der Waals surface area contributed by atoms with Crippen LogP contribution in [0, 0.1) is 6.92 Å². The van der Waals surface area contributed by atoms with Gasteiger partial charge in [-0.2, -0.15) is 0 Å². The number of hydrogen-bond donors (Lipinski definition) is 2. The van der Waals surface area contributed by atoms with Gasteiger partial charge in [0.25, 0.3) is 0 Å². The van der Waals surface area contributed by atoms with Gasteiger partial charge in [-0.05, 0) is 32.4 Å². The Balaban J connectivity index is 2.23. The van der Waals surface area contributed by atoms with Gasteiger partial charge in [0.05, 0.1) is 6.10 Å². The van der Waals surface area contributed by atoms with E-state index in [9.17, 15) is 5.11 Å². The maximum atomic E-state index is 10.5. The molecule has 1 fully saturated rings. The van der Waals surface area contributed by atoms with Crippen molar-refractivity contribution in [1.82, 2.24) is 5.32 Å². The molecular weight excluding hydrogens is 198 g/mol. The van der Waals surface area contributed by atoms with Crippen molar-refractivity contribution in [3.63, 3.8) is 0 Å². The van der Waals surface area contributed by atoms with Crippen molar-refractivity contribution in [3.8, 4) is 0 Å². The summed E-state index contributed by atoms with van der Waals surface area (Å²) in [5.74, 6) is 0. The van der Waals surface area contributed by atoms with Crippen LogP contribution in [0.25, 0.3) is 0 Å². The molecular formula is C14H21NO. The highest BCUT2D eigenvalue weighted by Crippen LogP contribution is 2.39. The van der Waals surface area contributed by atoms with Crippen LogP contribution in [0.15, 0.2) is 24.3 Å². The summed E-state index contributed by atoms with van der Waals surface area (Å²) in [5.41, 5.74) is 2.16. The lowest BCUT2D eigenvalue weighted by Crippen LogP contribution is -2.45. The van der Waals surface area contributed by atoms with Crippen molar-refractivity contribution in [1.29, 1.82) is 0 Å². The largest absolute Gasteiger partial charge is 0.386 e. The topological polar surface area (TPSA) is 32.3 Å². The Kier molecular flexibility index (Phi) is 3.31. The number of aliphatic hydroxyl groups excluding tert-OH is 1. The third-order valence-electron chi connectivity index (χ3n) is 3.91. The fraction of sp³-hybridized carbons (Fsp3) is 0.571. The second-order valence-corrected chi connectivity index (χ2v) is 4.93. The van der Waals surface area contributed by atoms with Crippen molar-refractivity contribution in [2.75, 3.05) is 7.05 Å². The summed E-state index contributed by atoms with van der Waals surface area (Å²) in [7, 11) is 1.96. The van der Waals surface area contributed by atoms with Crippen LogP contribution in [-0.2, 0) is 0 Å². The minimum Gasteiger partial charge on any atom is -0.386 e. The molecule has 0 radical (unpaired) electrons. The van der Waals surface area contributed by atoms with E-state index in [0.717, 1.165) is 18.4 Å². The van der Waals surface area contributed by atoms with Gasteiger partial charge in [-0.1, -0.05) is 42.7 Å². The first-order chi connectivity index (χ1) is 7.68. The van der Waals surface area contributed by atoms with E-state index in [0.29, 0.717) is 0 Å². The first-order valence-electron chi connectivity index (χ1n) is 6.11. The average molecular weight is 219 g/mol. The summed E-state index contributed by atoms with van der Waals surface area (Å²) in [6.07, 6.45) is 4.17. The molecule has 0 bridgehead atoms. The van der Waals surface area contributed by atoms with E-state index in [-0.39, 0.29) is 11.6 Å². The molecule has 16 heavy (non-hydrogen) atoms. The van der Waals surface area contributed by atoms with Crippen LogP contribution in [0.5, 0.6) is 0 Å². The maximum Gasteiger partial charge on any atom is 0.0971 e. The zero-order chi connectivity index (χ0) is 11.6. The molecule has 0 unspecified atom stereocenters. The highest BCUT2D eigenvalue weighted by Gasteiger charge is 2.39. The average Bonchev–Trinajstić information content (AvgIpc) is 2.79. The summed E-state index contributed by atoms with van der Waals surface area (Å²) in [5, 5.41) is 13.8. The number of likely N-dealkylation sites (N-methyl/N-ethyl adjacent to an activating group) is 1. The fourth-order valence-electron chi connectivity index (χ4n) is 2.73. The van der Waals surface area contributed by atoms with Gasteiger partial charge in [-0.3, -0.25) is 0 Å². The van der Waals surface area contributed by atoms with Crippen molar-refractivity contribution in [2.24, 2.45) is 0 Å². The molecule has 1 aliphatic carbocycles. The lowest BCUT2D eigenvalue weighted by atomic mass is 9.86. The molecule has 0 spiro atoms. The van der Waals surface area contributed by atoms with E-state index in [2.05, 4.69) is 24.4 Å². The summed E-state index contributed by atoms with van der Waals surface area (Å²) in [6, 6.07) is 8.21. The van der Waals surface area contributed by atoms with Crippen LogP contribution in [0.3, 0.4) is 0 Å². The Morgan fingerprint density at radius 2 is 1.75 bits per heavy atom. The lowest BCUT2D eigenvalue weighted by molar-refractivity contribution is 0.0667. The molecule has 0 heterocycles. The van der Waals surface area contributed by atoms with Gasteiger partial charge in [0.2, 0.25) is 0 Å². The van der Waals surface area contributed by atoms with Gasteiger partial charge >= 0.3 is 0 Å². The van der Waals surface area contributed by atoms with Crippen LogP contribution < -0.4 is 5.32 Å². The normalized spacial score (nSPS) is 20.9. The maximum absolute atomic E-state index is 10.5. The summed E-state index contributed by atoms with van der Waals surface area (Å²) in [6.45, 7) is 2.07. The Morgan fingerprint density at radius 1 is 1.19 bits per heavy atom. The van der Waals surface area contributed by atoms with Crippen molar-refractivity contribution in [2.45, 2.75) is 44.2 Å². The van der Waals surface area contributed by atoms with E-state index in [1.54, 1.807) is 0 Å². The predicted octanol–water partition coefficient (Wildman–Crippen LogP) is 2.56. The highest BCUT2D eigenvalue weighted by molar-refractivity contribution is 5.26. The van der Waals surface area contributed by atoms with E-state index >= 15 is 0 Å². The van der Waals surface area contributed by atoms with Crippen LogP contribution in [-0.4, -0.2) is 17.7 Å². The second-order valence-electron chi connectivity index (χ2n) is 4.93. The molecule has 1 atom stereocenters. The zero-order valence-electron chi connectivity index (χ0n) is 10.2. The van der Waals surface area contributed by atoms with Gasteiger partial charge in [0, 0.05) is 5.54 Å². The Hall–Kier alpha value is -0.860. The van der Waals surface area contributed by atoms with E-state index in [4.69, 9.17) is 0 Å². The minimum absolute atomic E-state index is 0.102.